The number of hydrogen-bond acceptors (Lipinski definition) is 4. The van der Waals surface area contributed by atoms with Crippen LogP contribution in [0.5, 0.6) is 0 Å². The summed E-state index contributed by atoms with van der Waals surface area (Å²) in [6.45, 7) is 3.17. The quantitative estimate of drug-likeness (QED) is 0.686. The van der Waals surface area contributed by atoms with Gasteiger partial charge in [-0.2, -0.15) is 0 Å². The first-order chi connectivity index (χ1) is 6.83. The van der Waals surface area contributed by atoms with Gasteiger partial charge in [-0.1, -0.05) is 0 Å². The van der Waals surface area contributed by atoms with Crippen molar-refractivity contribution >= 4 is 18.3 Å². The molecule has 0 aromatic rings. The van der Waals surface area contributed by atoms with E-state index in [-0.39, 0.29) is 37.1 Å². The third-order valence-corrected chi connectivity index (χ3v) is 2.78. The molecular formula is C9H17ClN2O3. The number of fused-ring (bicyclic) bond motifs is 1. The highest BCUT2D eigenvalue weighted by molar-refractivity contribution is 5.85. The highest BCUT2D eigenvalue weighted by Gasteiger charge is 2.38. The van der Waals surface area contributed by atoms with Gasteiger partial charge in [-0.25, -0.2) is 0 Å². The van der Waals surface area contributed by atoms with E-state index in [1.54, 1.807) is 7.11 Å². The highest BCUT2D eigenvalue weighted by Crippen LogP contribution is 2.17. The van der Waals surface area contributed by atoms with Gasteiger partial charge in [0.15, 0.2) is 0 Å². The molecule has 0 bridgehead atoms. The van der Waals surface area contributed by atoms with Crippen LogP contribution in [0.25, 0.3) is 0 Å². The second kappa shape index (κ2) is 5.65. The average Bonchev–Trinajstić information content (AvgIpc) is 2.65. The minimum absolute atomic E-state index is 0. The van der Waals surface area contributed by atoms with Crippen molar-refractivity contribution in [2.24, 2.45) is 0 Å². The molecule has 0 saturated carbocycles. The maximum Gasteiger partial charge on any atom is 0.249 e. The second-order valence-corrected chi connectivity index (χ2v) is 3.65. The summed E-state index contributed by atoms with van der Waals surface area (Å²) in [4.78, 5) is 13.5. The molecule has 2 rings (SSSR count). The molecule has 2 aliphatic rings. The van der Waals surface area contributed by atoms with Crippen LogP contribution in [0.4, 0.5) is 0 Å². The first-order valence-electron chi connectivity index (χ1n) is 4.93. The standard InChI is InChI=1S/C9H16N2O3.ClH/c1-13-6-9(12)11-2-3-14-8-5-10-4-7(8)11;/h7-8,10H,2-6H2,1H3;1H/t7-,8-;/m1./s1. The van der Waals surface area contributed by atoms with Gasteiger partial charge in [-0.3, -0.25) is 4.79 Å². The lowest BCUT2D eigenvalue weighted by Crippen LogP contribution is -2.54. The number of morpholine rings is 1. The zero-order valence-electron chi connectivity index (χ0n) is 8.77. The molecule has 0 radical (unpaired) electrons. The molecule has 0 spiro atoms. The maximum atomic E-state index is 11.7. The Bertz CT molecular complexity index is 227. The van der Waals surface area contributed by atoms with E-state index in [0.717, 1.165) is 13.1 Å². The minimum atomic E-state index is 0. The number of nitrogens with zero attached hydrogens (tertiary/aromatic N) is 1. The predicted molar refractivity (Wildman–Crippen MR) is 57.2 cm³/mol. The number of carbonyl (C=O) groups excluding carboxylic acids is 1. The summed E-state index contributed by atoms with van der Waals surface area (Å²) < 4.78 is 10.4. The molecule has 6 heteroatoms. The number of ether oxygens (including phenoxy) is 2. The first kappa shape index (κ1) is 12.7. The summed E-state index contributed by atoms with van der Waals surface area (Å²) in [6.07, 6.45) is 0.171. The van der Waals surface area contributed by atoms with Crippen molar-refractivity contribution < 1.29 is 14.3 Å². The lowest BCUT2D eigenvalue weighted by Gasteiger charge is -2.36. The molecule has 0 aromatic carbocycles. The number of halogens is 1. The van der Waals surface area contributed by atoms with Gasteiger partial charge in [0.2, 0.25) is 5.91 Å². The zero-order valence-corrected chi connectivity index (χ0v) is 9.59. The van der Waals surface area contributed by atoms with E-state index in [1.807, 2.05) is 4.90 Å². The molecule has 15 heavy (non-hydrogen) atoms. The van der Waals surface area contributed by atoms with Crippen LogP contribution < -0.4 is 5.32 Å². The maximum absolute atomic E-state index is 11.7. The molecule has 88 valence electrons. The number of amides is 1. The van der Waals surface area contributed by atoms with Crippen LogP contribution in [0.1, 0.15) is 0 Å². The number of nitrogens with one attached hydrogen (secondary N) is 1. The van der Waals surface area contributed by atoms with Crippen molar-refractivity contribution in [1.29, 1.82) is 0 Å². The molecule has 5 nitrogen and oxygen atoms in total. The fourth-order valence-corrected chi connectivity index (χ4v) is 2.11. The van der Waals surface area contributed by atoms with Gasteiger partial charge in [0.1, 0.15) is 6.61 Å². The van der Waals surface area contributed by atoms with Gasteiger partial charge in [0.05, 0.1) is 18.8 Å². The number of hydrogen-bond donors (Lipinski definition) is 1. The van der Waals surface area contributed by atoms with Gasteiger partial charge >= 0.3 is 0 Å². The first-order valence-corrected chi connectivity index (χ1v) is 4.93. The van der Waals surface area contributed by atoms with Crippen LogP contribution >= 0.6 is 12.4 Å². The van der Waals surface area contributed by atoms with Crippen molar-refractivity contribution in [3.63, 3.8) is 0 Å². The molecule has 2 atom stereocenters. The van der Waals surface area contributed by atoms with E-state index < -0.39 is 0 Å². The van der Waals surface area contributed by atoms with Crippen LogP contribution in [0, 0.1) is 0 Å². The van der Waals surface area contributed by atoms with Crippen LogP contribution in [0.3, 0.4) is 0 Å². The fourth-order valence-electron chi connectivity index (χ4n) is 2.11. The van der Waals surface area contributed by atoms with E-state index in [4.69, 9.17) is 9.47 Å². The molecule has 2 aliphatic heterocycles. The third kappa shape index (κ3) is 2.60. The molecule has 1 N–H and O–H groups in total. The molecule has 0 aromatic heterocycles. The Labute approximate surface area is 95.5 Å². The van der Waals surface area contributed by atoms with Crippen LogP contribution in [-0.4, -0.2) is 62.9 Å². The normalized spacial score (nSPS) is 29.5. The van der Waals surface area contributed by atoms with Gasteiger partial charge < -0.3 is 19.7 Å². The summed E-state index contributed by atoms with van der Waals surface area (Å²) >= 11 is 0. The summed E-state index contributed by atoms with van der Waals surface area (Å²) in [5, 5.41) is 3.23. The fraction of sp³-hybridized carbons (Fsp3) is 0.889. The van der Waals surface area contributed by atoms with Gasteiger partial charge in [0.25, 0.3) is 0 Å². The SMILES string of the molecule is COCC(=O)N1CCO[C@@H]2CNC[C@H]21.Cl. The predicted octanol–water partition coefficient (Wildman–Crippen LogP) is -0.746. The topological polar surface area (TPSA) is 50.8 Å². The van der Waals surface area contributed by atoms with E-state index in [9.17, 15) is 4.79 Å². The van der Waals surface area contributed by atoms with E-state index >= 15 is 0 Å². The van der Waals surface area contributed by atoms with Crippen LogP contribution in [0.15, 0.2) is 0 Å². The van der Waals surface area contributed by atoms with Crippen LogP contribution in [0.2, 0.25) is 0 Å². The molecule has 2 saturated heterocycles. The molecular weight excluding hydrogens is 220 g/mol. The van der Waals surface area contributed by atoms with E-state index in [0.29, 0.717) is 13.2 Å². The number of methoxy groups -OCH3 is 1. The number of carbonyl (C=O) groups is 1. The van der Waals surface area contributed by atoms with E-state index in [2.05, 4.69) is 5.32 Å². The Balaban J connectivity index is 0.00000112. The molecule has 0 unspecified atom stereocenters. The second-order valence-electron chi connectivity index (χ2n) is 3.65. The Morgan fingerprint density at radius 2 is 2.40 bits per heavy atom. The minimum Gasteiger partial charge on any atom is -0.375 e. The van der Waals surface area contributed by atoms with E-state index in [1.165, 1.54) is 0 Å². The molecule has 2 heterocycles. The summed E-state index contributed by atoms with van der Waals surface area (Å²) in [5.74, 6) is 0.0644. The van der Waals surface area contributed by atoms with Crippen molar-refractivity contribution in [2.45, 2.75) is 12.1 Å². The van der Waals surface area contributed by atoms with Crippen molar-refractivity contribution in [3.8, 4) is 0 Å². The smallest absolute Gasteiger partial charge is 0.249 e. The monoisotopic (exact) mass is 236 g/mol. The lowest BCUT2D eigenvalue weighted by atomic mass is 10.1. The Morgan fingerprint density at radius 3 is 3.13 bits per heavy atom. The molecule has 0 aliphatic carbocycles. The molecule has 2 fully saturated rings. The van der Waals surface area contributed by atoms with Gasteiger partial charge in [0, 0.05) is 26.7 Å². The van der Waals surface area contributed by atoms with Crippen molar-refractivity contribution in [1.82, 2.24) is 10.2 Å². The Morgan fingerprint density at radius 1 is 1.60 bits per heavy atom. The Hall–Kier alpha value is -0.360. The lowest BCUT2D eigenvalue weighted by molar-refractivity contribution is -0.146. The highest BCUT2D eigenvalue weighted by atomic mass is 35.5. The molecule has 1 amide bonds. The van der Waals surface area contributed by atoms with Gasteiger partial charge in [-0.15, -0.1) is 12.4 Å². The third-order valence-electron chi connectivity index (χ3n) is 2.78. The summed E-state index contributed by atoms with van der Waals surface area (Å²) in [5.41, 5.74) is 0. The largest absolute Gasteiger partial charge is 0.375 e. The van der Waals surface area contributed by atoms with Crippen molar-refractivity contribution in [3.05, 3.63) is 0 Å². The number of rotatable bonds is 2. The summed E-state index contributed by atoms with van der Waals surface area (Å²) in [7, 11) is 1.54. The Kier molecular flexibility index (Phi) is 4.79. The zero-order chi connectivity index (χ0) is 9.97. The average molecular weight is 237 g/mol. The van der Waals surface area contributed by atoms with Gasteiger partial charge in [-0.05, 0) is 0 Å². The van der Waals surface area contributed by atoms with Crippen molar-refractivity contribution in [2.75, 3.05) is 40.0 Å². The van der Waals surface area contributed by atoms with Crippen LogP contribution in [-0.2, 0) is 14.3 Å². The summed E-state index contributed by atoms with van der Waals surface area (Å²) in [6, 6.07) is 0.200.